The van der Waals surface area contributed by atoms with Gasteiger partial charge in [0.05, 0.1) is 86.9 Å². The molecule has 0 spiro atoms. The second-order valence-corrected chi connectivity index (χ2v) is 16.0. The van der Waals surface area contributed by atoms with E-state index in [1.807, 2.05) is 149 Å². The van der Waals surface area contributed by atoms with Gasteiger partial charge in [-0.05, 0) is 82.3 Å². The van der Waals surface area contributed by atoms with E-state index in [0.29, 0.717) is 60.4 Å². The van der Waals surface area contributed by atoms with Crippen LogP contribution in [0.1, 0.15) is 106 Å². The van der Waals surface area contributed by atoms with Crippen molar-refractivity contribution < 1.29 is 9.53 Å². The Morgan fingerprint density at radius 3 is 1.85 bits per heavy atom. The predicted octanol–water partition coefficient (Wildman–Crippen LogP) is 9.70. The number of carbonyl (C=O) groups is 1. The topological polar surface area (TPSA) is 227 Å². The molecule has 72 heavy (non-hydrogen) atoms. The van der Waals surface area contributed by atoms with E-state index in [9.17, 15) is 10.1 Å². The number of ether oxygens (including phenoxy) is 1. The summed E-state index contributed by atoms with van der Waals surface area (Å²) >= 11 is 0. The molecule has 11 rings (SSSR count). The molecular formula is C54H62N16O2. The van der Waals surface area contributed by atoms with Crippen LogP contribution in [0.5, 0.6) is 0 Å². The molecule has 4 N–H and O–H groups in total. The van der Waals surface area contributed by atoms with E-state index in [4.69, 9.17) is 31.4 Å². The summed E-state index contributed by atoms with van der Waals surface area (Å²) in [6.07, 6.45) is 10.3. The van der Waals surface area contributed by atoms with Gasteiger partial charge in [-0.25, -0.2) is 29.3 Å². The molecule has 1 saturated heterocycles. The van der Waals surface area contributed by atoms with Crippen LogP contribution in [-0.4, -0.2) is 95.4 Å². The highest BCUT2D eigenvalue weighted by molar-refractivity contribution is 5.94. The zero-order valence-electron chi connectivity index (χ0n) is 42.6. The highest BCUT2D eigenvalue weighted by atomic mass is 16.5. The monoisotopic (exact) mass is 967 g/mol. The zero-order chi connectivity index (χ0) is 51.6. The lowest BCUT2D eigenvalue weighted by Crippen LogP contribution is -2.40. The van der Waals surface area contributed by atoms with Crippen LogP contribution in [0.15, 0.2) is 110 Å². The number of nitriles is 1. The molecule has 1 aliphatic rings. The molecule has 18 nitrogen and oxygen atoms in total. The first-order chi connectivity index (χ1) is 35.1. The summed E-state index contributed by atoms with van der Waals surface area (Å²) in [5.74, 6) is 0.783. The molecule has 18 heteroatoms. The predicted molar refractivity (Wildman–Crippen MR) is 283 cm³/mol. The first-order valence-corrected chi connectivity index (χ1v) is 24.4. The molecule has 10 aromatic heterocycles. The minimum absolute atomic E-state index is 0.0262. The van der Waals surface area contributed by atoms with Gasteiger partial charge in [0.2, 0.25) is 0 Å². The highest BCUT2D eigenvalue weighted by Gasteiger charge is 2.29. The van der Waals surface area contributed by atoms with Gasteiger partial charge in [0, 0.05) is 54.5 Å². The third kappa shape index (κ3) is 9.53. The lowest BCUT2D eigenvalue weighted by molar-refractivity contribution is 0.0302. The van der Waals surface area contributed by atoms with Crippen LogP contribution in [0.4, 0.5) is 11.6 Å². The third-order valence-electron chi connectivity index (χ3n) is 12.1. The number of pyridine rings is 4. The fourth-order valence-corrected chi connectivity index (χ4v) is 8.99. The van der Waals surface area contributed by atoms with Crippen molar-refractivity contribution in [1.82, 2.24) is 63.2 Å². The first-order valence-electron chi connectivity index (χ1n) is 24.4. The van der Waals surface area contributed by atoms with E-state index < -0.39 is 0 Å². The smallest absolute Gasteiger partial charge is 0.255 e. The van der Waals surface area contributed by atoms with E-state index >= 15 is 0 Å². The molecule has 1 aliphatic heterocycles. The van der Waals surface area contributed by atoms with Crippen LogP contribution in [0.25, 0.3) is 55.9 Å². The lowest BCUT2D eigenvalue weighted by Gasteiger charge is -2.26. The number of nitrogen functional groups attached to an aromatic ring is 2. The third-order valence-corrected chi connectivity index (χ3v) is 12.1. The number of rotatable bonds is 7. The van der Waals surface area contributed by atoms with Gasteiger partial charge in [-0.1, -0.05) is 59.7 Å². The molecule has 10 aromatic rings. The minimum Gasteiger partial charge on any atom is -0.383 e. The van der Waals surface area contributed by atoms with Gasteiger partial charge in [0.15, 0.2) is 11.3 Å². The summed E-state index contributed by atoms with van der Waals surface area (Å²) in [5, 5.41) is 21.0. The Hall–Kier alpha value is -8.56. The van der Waals surface area contributed by atoms with Crippen molar-refractivity contribution in [3.05, 3.63) is 144 Å². The number of hydrogen-bond donors (Lipinski definition) is 2. The van der Waals surface area contributed by atoms with Gasteiger partial charge in [0.25, 0.3) is 5.91 Å². The van der Waals surface area contributed by atoms with Crippen LogP contribution >= 0.6 is 0 Å². The maximum absolute atomic E-state index is 12.9. The number of aromatic nitrogens is 12. The first kappa shape index (κ1) is 51.3. The molecule has 0 aliphatic carbocycles. The largest absolute Gasteiger partial charge is 0.383 e. The van der Waals surface area contributed by atoms with Gasteiger partial charge in [-0.15, -0.1) is 0 Å². The lowest BCUT2D eigenvalue weighted by atomic mass is 10.0. The van der Waals surface area contributed by atoms with Crippen LogP contribution < -0.4 is 11.5 Å². The van der Waals surface area contributed by atoms with Crippen molar-refractivity contribution in [2.75, 3.05) is 37.8 Å². The SMILES string of the molecule is CC.CC.CC.Cc1nn(C(C)c2c(C#N)c3ccccn3c2-c2ccccn2)c2ncnc(N)c12.Cc1nn(C(C)c2cc3ccccn3c2-c2ccc(C(=O)N3CCOCC3)cn2)c2ncnc(N)c12. The Kier molecular flexibility index (Phi) is 16.3. The Labute approximate surface area is 419 Å². The summed E-state index contributed by atoms with van der Waals surface area (Å²) in [6, 6.07) is 25.4. The second-order valence-electron chi connectivity index (χ2n) is 16.0. The summed E-state index contributed by atoms with van der Waals surface area (Å²) in [6.45, 7) is 22.2. The number of nitrogens with two attached hydrogens (primary N) is 2. The standard InChI is InChI=1S/C26H26N8O2.C22H18N8.3C2H6/c1-16-22-24(27)29-15-30-25(22)34(31-16)17(2)20-13-19-5-3-4-8-33(19)23(20)21-7-6-18(14-28-21)26(35)32-9-11-36-12-10-32;1-13-18-21(24)26-12-27-22(18)30(28-13)14(2)19-15(11-23)17-8-4-6-10-29(17)20(19)16-7-3-5-9-25-16;3*1-2/h3-8,13-15,17H,9-12H2,1-2H3,(H2,27,29,30);3-10,12,14H,1-2H3,(H2,24,26,27);3*1-2H3. The van der Waals surface area contributed by atoms with Gasteiger partial charge < -0.3 is 29.9 Å². The van der Waals surface area contributed by atoms with Crippen LogP contribution in [0.2, 0.25) is 0 Å². The van der Waals surface area contributed by atoms with Crippen LogP contribution in [-0.2, 0) is 4.74 Å². The van der Waals surface area contributed by atoms with Crippen molar-refractivity contribution in [2.24, 2.45) is 0 Å². The number of hydrogen-bond acceptors (Lipinski definition) is 13. The van der Waals surface area contributed by atoms with E-state index in [1.54, 1.807) is 17.3 Å². The molecule has 1 amide bonds. The Balaban J connectivity index is 0.000000194. The molecule has 0 radical (unpaired) electrons. The molecule has 2 unspecified atom stereocenters. The number of fused-ring (bicyclic) bond motifs is 4. The number of carbonyl (C=O) groups excluding carboxylic acids is 1. The quantitative estimate of drug-likeness (QED) is 0.152. The number of nitrogens with zero attached hydrogens (tertiary/aromatic N) is 14. The van der Waals surface area contributed by atoms with Crippen molar-refractivity contribution in [2.45, 2.75) is 81.3 Å². The molecule has 0 saturated carbocycles. The van der Waals surface area contributed by atoms with Gasteiger partial charge in [0.1, 0.15) is 30.4 Å². The molecule has 370 valence electrons. The molecule has 11 heterocycles. The van der Waals surface area contributed by atoms with E-state index in [1.165, 1.54) is 12.7 Å². The number of morpholine rings is 1. The summed E-state index contributed by atoms with van der Waals surface area (Å²) < 4.78 is 13.2. The Morgan fingerprint density at radius 2 is 1.26 bits per heavy atom. The van der Waals surface area contributed by atoms with Crippen molar-refractivity contribution in [1.29, 1.82) is 5.26 Å². The molecule has 0 bridgehead atoms. The summed E-state index contributed by atoms with van der Waals surface area (Å²) in [4.78, 5) is 41.1. The minimum atomic E-state index is -0.290. The molecule has 1 fully saturated rings. The van der Waals surface area contributed by atoms with Crippen LogP contribution in [0, 0.1) is 25.2 Å². The molecule has 2 atom stereocenters. The van der Waals surface area contributed by atoms with Gasteiger partial charge in [-0.3, -0.25) is 14.8 Å². The second kappa shape index (κ2) is 22.9. The Bertz CT molecular complexity index is 3490. The highest BCUT2D eigenvalue weighted by Crippen LogP contribution is 2.38. The summed E-state index contributed by atoms with van der Waals surface area (Å²) in [7, 11) is 0. The van der Waals surface area contributed by atoms with E-state index in [2.05, 4.69) is 54.4 Å². The number of amides is 1. The van der Waals surface area contributed by atoms with Crippen LogP contribution in [0.3, 0.4) is 0 Å². The zero-order valence-corrected chi connectivity index (χ0v) is 42.6. The molecular weight excluding hydrogens is 905 g/mol. The van der Waals surface area contributed by atoms with Gasteiger partial charge >= 0.3 is 0 Å². The maximum atomic E-state index is 12.9. The van der Waals surface area contributed by atoms with Crippen molar-refractivity contribution in [3.63, 3.8) is 0 Å². The fraction of sp³-hybridized carbons (Fsp3) is 0.296. The van der Waals surface area contributed by atoms with Crippen molar-refractivity contribution in [3.8, 4) is 28.8 Å². The maximum Gasteiger partial charge on any atom is 0.255 e. The summed E-state index contributed by atoms with van der Waals surface area (Å²) in [5.41, 5.74) is 23.3. The number of aryl methyl sites for hydroxylation is 2. The normalized spacial score (nSPS) is 12.9. The van der Waals surface area contributed by atoms with E-state index in [0.717, 1.165) is 67.1 Å². The molecule has 0 aromatic carbocycles. The van der Waals surface area contributed by atoms with Crippen molar-refractivity contribution >= 4 is 50.6 Å². The number of anilines is 2. The Morgan fingerprint density at radius 1 is 0.681 bits per heavy atom. The average Bonchev–Trinajstić information content (AvgIpc) is 4.20. The van der Waals surface area contributed by atoms with Gasteiger partial charge in [-0.2, -0.15) is 15.5 Å². The fourth-order valence-electron chi connectivity index (χ4n) is 8.99. The average molecular weight is 967 g/mol. The van der Waals surface area contributed by atoms with E-state index in [-0.39, 0.29) is 18.0 Å².